The summed E-state index contributed by atoms with van der Waals surface area (Å²) in [6.45, 7) is 0.426. The Morgan fingerprint density at radius 1 is 1.17 bits per heavy atom. The fourth-order valence-corrected chi connectivity index (χ4v) is 2.47. The first kappa shape index (κ1) is 18.3. The van der Waals surface area contributed by atoms with Crippen LogP contribution in [0.1, 0.15) is 17.5 Å². The first-order valence-corrected chi connectivity index (χ1v) is 8.24. The summed E-state index contributed by atoms with van der Waals surface area (Å²) in [7, 11) is 3.47. The molecule has 2 aromatic carbocycles. The molecule has 1 amide bonds. The van der Waals surface area contributed by atoms with Crippen LogP contribution in [-0.2, 0) is 17.8 Å². The summed E-state index contributed by atoms with van der Waals surface area (Å²) < 4.78 is 5.75. The van der Waals surface area contributed by atoms with Crippen molar-refractivity contribution in [2.24, 2.45) is 5.73 Å². The molecule has 2 N–H and O–H groups in total. The van der Waals surface area contributed by atoms with Crippen LogP contribution in [0.3, 0.4) is 0 Å². The van der Waals surface area contributed by atoms with Crippen LogP contribution < -0.4 is 10.5 Å². The third-order valence-electron chi connectivity index (χ3n) is 3.71. The predicted molar refractivity (Wildman–Crippen MR) is 97.2 cm³/mol. The lowest BCUT2D eigenvalue weighted by molar-refractivity contribution is -0.129. The zero-order chi connectivity index (χ0) is 17.5. The highest BCUT2D eigenvalue weighted by Gasteiger charge is 2.12. The van der Waals surface area contributed by atoms with Gasteiger partial charge in [0.25, 0.3) is 0 Å². The SMILES string of the molecule is CN(C)C(=O)CC(N)Cc1ccc(OCc2ccccc2Cl)cc1. The van der Waals surface area contributed by atoms with Crippen molar-refractivity contribution in [3.8, 4) is 5.75 Å². The normalized spacial score (nSPS) is 11.8. The molecule has 5 heteroatoms. The van der Waals surface area contributed by atoms with Gasteiger partial charge in [0.2, 0.25) is 5.91 Å². The van der Waals surface area contributed by atoms with Crippen LogP contribution in [0.15, 0.2) is 48.5 Å². The summed E-state index contributed by atoms with van der Waals surface area (Å²) in [5, 5.41) is 0.700. The summed E-state index contributed by atoms with van der Waals surface area (Å²) in [6.07, 6.45) is 1.00. The molecule has 0 aromatic heterocycles. The van der Waals surface area contributed by atoms with Crippen molar-refractivity contribution >= 4 is 17.5 Å². The van der Waals surface area contributed by atoms with Gasteiger partial charge in [-0.05, 0) is 30.2 Å². The lowest BCUT2D eigenvalue weighted by Crippen LogP contribution is -2.32. The van der Waals surface area contributed by atoms with Crippen LogP contribution in [0.2, 0.25) is 5.02 Å². The number of ether oxygens (including phenoxy) is 1. The van der Waals surface area contributed by atoms with Crippen LogP contribution in [0.25, 0.3) is 0 Å². The molecular weight excluding hydrogens is 324 g/mol. The van der Waals surface area contributed by atoms with Crippen molar-refractivity contribution in [2.75, 3.05) is 14.1 Å². The van der Waals surface area contributed by atoms with Gasteiger partial charge in [-0.2, -0.15) is 0 Å². The van der Waals surface area contributed by atoms with Gasteiger partial charge in [0.1, 0.15) is 12.4 Å². The highest BCUT2D eigenvalue weighted by molar-refractivity contribution is 6.31. The average molecular weight is 347 g/mol. The van der Waals surface area contributed by atoms with Crippen LogP contribution >= 0.6 is 11.6 Å². The van der Waals surface area contributed by atoms with E-state index in [2.05, 4.69) is 0 Å². The van der Waals surface area contributed by atoms with E-state index in [1.165, 1.54) is 0 Å². The third-order valence-corrected chi connectivity index (χ3v) is 4.08. The number of rotatable bonds is 7. The molecule has 0 aliphatic carbocycles. The number of nitrogens with zero attached hydrogens (tertiary/aromatic N) is 1. The first-order valence-electron chi connectivity index (χ1n) is 7.86. The molecule has 2 rings (SSSR count). The Morgan fingerprint density at radius 3 is 2.46 bits per heavy atom. The van der Waals surface area contributed by atoms with E-state index in [0.717, 1.165) is 16.9 Å². The standard InChI is InChI=1S/C19H23ClN2O2/c1-22(2)19(23)12-16(21)11-14-7-9-17(10-8-14)24-13-15-5-3-4-6-18(15)20/h3-10,16H,11-13,21H2,1-2H3. The van der Waals surface area contributed by atoms with Gasteiger partial charge in [-0.1, -0.05) is 41.9 Å². The maximum absolute atomic E-state index is 11.7. The van der Waals surface area contributed by atoms with Crippen molar-refractivity contribution in [2.45, 2.75) is 25.5 Å². The molecule has 0 radical (unpaired) electrons. The lowest BCUT2D eigenvalue weighted by atomic mass is 10.0. The lowest BCUT2D eigenvalue weighted by Gasteiger charge is -2.15. The monoisotopic (exact) mass is 346 g/mol. The summed E-state index contributed by atoms with van der Waals surface area (Å²) in [5.74, 6) is 0.818. The van der Waals surface area contributed by atoms with Gasteiger partial charge < -0.3 is 15.4 Å². The molecule has 2 aromatic rings. The van der Waals surface area contributed by atoms with Crippen molar-refractivity contribution in [1.82, 2.24) is 4.90 Å². The Hall–Kier alpha value is -2.04. The van der Waals surface area contributed by atoms with E-state index in [-0.39, 0.29) is 11.9 Å². The molecule has 0 spiro atoms. The quantitative estimate of drug-likeness (QED) is 0.837. The zero-order valence-electron chi connectivity index (χ0n) is 14.0. The van der Waals surface area contributed by atoms with E-state index in [9.17, 15) is 4.79 Å². The number of halogens is 1. The van der Waals surface area contributed by atoms with Crippen molar-refractivity contribution < 1.29 is 9.53 Å². The summed E-state index contributed by atoms with van der Waals surface area (Å²) in [4.78, 5) is 13.2. The largest absolute Gasteiger partial charge is 0.489 e. The van der Waals surface area contributed by atoms with E-state index in [0.29, 0.717) is 24.5 Å². The van der Waals surface area contributed by atoms with Gasteiger partial charge in [-0.3, -0.25) is 4.79 Å². The molecule has 128 valence electrons. The average Bonchev–Trinajstić information content (AvgIpc) is 2.55. The van der Waals surface area contributed by atoms with Crippen LogP contribution in [-0.4, -0.2) is 30.9 Å². The second kappa shape index (κ2) is 8.71. The predicted octanol–water partition coefficient (Wildman–Crippen LogP) is 3.27. The summed E-state index contributed by atoms with van der Waals surface area (Å²) in [6, 6.07) is 15.2. The van der Waals surface area contributed by atoms with Crippen molar-refractivity contribution in [3.05, 3.63) is 64.7 Å². The van der Waals surface area contributed by atoms with E-state index >= 15 is 0 Å². The first-order chi connectivity index (χ1) is 11.5. The minimum atomic E-state index is -0.185. The smallest absolute Gasteiger partial charge is 0.223 e. The van der Waals surface area contributed by atoms with E-state index in [4.69, 9.17) is 22.1 Å². The fourth-order valence-electron chi connectivity index (χ4n) is 2.28. The highest BCUT2D eigenvalue weighted by atomic mass is 35.5. The van der Waals surface area contributed by atoms with Crippen LogP contribution in [0.4, 0.5) is 0 Å². The Balaban J connectivity index is 1.86. The molecule has 24 heavy (non-hydrogen) atoms. The van der Waals surface area contributed by atoms with E-state index < -0.39 is 0 Å². The van der Waals surface area contributed by atoms with Crippen LogP contribution in [0.5, 0.6) is 5.75 Å². The van der Waals surface area contributed by atoms with E-state index in [1.807, 2.05) is 48.5 Å². The zero-order valence-corrected chi connectivity index (χ0v) is 14.8. The van der Waals surface area contributed by atoms with Gasteiger partial charge in [0.15, 0.2) is 0 Å². The van der Waals surface area contributed by atoms with Crippen molar-refractivity contribution in [3.63, 3.8) is 0 Å². The third kappa shape index (κ3) is 5.55. The number of amides is 1. The van der Waals surface area contributed by atoms with Crippen LogP contribution in [0, 0.1) is 0 Å². The number of nitrogens with two attached hydrogens (primary N) is 1. The molecular formula is C19H23ClN2O2. The second-order valence-electron chi connectivity index (χ2n) is 5.98. The summed E-state index contributed by atoms with van der Waals surface area (Å²) in [5.41, 5.74) is 8.07. The Labute approximate surface area is 148 Å². The number of carbonyl (C=O) groups is 1. The second-order valence-corrected chi connectivity index (χ2v) is 6.39. The molecule has 0 aliphatic heterocycles. The fraction of sp³-hybridized carbons (Fsp3) is 0.316. The Kier molecular flexibility index (Phi) is 6.64. The minimum absolute atomic E-state index is 0.0437. The molecule has 0 saturated carbocycles. The molecule has 0 aliphatic rings. The number of hydrogen-bond donors (Lipinski definition) is 1. The van der Waals surface area contributed by atoms with Gasteiger partial charge in [-0.25, -0.2) is 0 Å². The van der Waals surface area contributed by atoms with Gasteiger partial charge in [0.05, 0.1) is 0 Å². The maximum Gasteiger partial charge on any atom is 0.223 e. The minimum Gasteiger partial charge on any atom is -0.489 e. The molecule has 4 nitrogen and oxygen atoms in total. The van der Waals surface area contributed by atoms with Gasteiger partial charge >= 0.3 is 0 Å². The Morgan fingerprint density at radius 2 is 1.83 bits per heavy atom. The Bertz CT molecular complexity index is 671. The van der Waals surface area contributed by atoms with Gasteiger partial charge in [0, 0.05) is 37.1 Å². The molecule has 0 saturated heterocycles. The molecule has 0 bridgehead atoms. The molecule has 1 unspecified atom stereocenters. The molecule has 1 atom stereocenters. The van der Waals surface area contributed by atoms with Gasteiger partial charge in [-0.15, -0.1) is 0 Å². The number of benzene rings is 2. The number of hydrogen-bond acceptors (Lipinski definition) is 3. The maximum atomic E-state index is 11.7. The van der Waals surface area contributed by atoms with E-state index in [1.54, 1.807) is 19.0 Å². The molecule has 0 fully saturated rings. The highest BCUT2D eigenvalue weighted by Crippen LogP contribution is 2.19. The number of carbonyl (C=O) groups excluding carboxylic acids is 1. The summed E-state index contributed by atoms with van der Waals surface area (Å²) >= 11 is 6.11. The molecule has 0 heterocycles. The van der Waals surface area contributed by atoms with Crippen molar-refractivity contribution in [1.29, 1.82) is 0 Å². The topological polar surface area (TPSA) is 55.6 Å².